The van der Waals surface area contributed by atoms with Crippen molar-refractivity contribution in [2.24, 2.45) is 0 Å². The summed E-state index contributed by atoms with van der Waals surface area (Å²) >= 11 is 0. The number of pyridine rings is 1. The van der Waals surface area contributed by atoms with Crippen LogP contribution in [0.15, 0.2) is 30.6 Å². The van der Waals surface area contributed by atoms with Gasteiger partial charge in [0.05, 0.1) is 16.9 Å². The molecule has 0 bridgehead atoms. The number of nitro benzene ring substituents is 1. The number of rotatable bonds is 4. The maximum absolute atomic E-state index is 11.0. The number of hydrogen-bond donors (Lipinski definition) is 1. The summed E-state index contributed by atoms with van der Waals surface area (Å²) in [4.78, 5) is 16.4. The lowest BCUT2D eigenvalue weighted by Crippen LogP contribution is -2.21. The van der Waals surface area contributed by atoms with Crippen molar-refractivity contribution in [3.63, 3.8) is 0 Å². The average molecular weight is 247 g/mol. The number of anilines is 1. The molecule has 1 aromatic carbocycles. The summed E-state index contributed by atoms with van der Waals surface area (Å²) in [5.41, 5.74) is 0.881. The molecule has 6 heteroatoms. The third-order valence-corrected chi connectivity index (χ3v) is 2.82. The Bertz CT molecular complexity index is 586. The van der Waals surface area contributed by atoms with Gasteiger partial charge in [-0.25, -0.2) is 0 Å². The van der Waals surface area contributed by atoms with Crippen LogP contribution in [-0.4, -0.2) is 35.2 Å². The molecule has 0 radical (unpaired) electrons. The van der Waals surface area contributed by atoms with Gasteiger partial charge < -0.3 is 10.0 Å². The van der Waals surface area contributed by atoms with E-state index in [0.29, 0.717) is 17.3 Å². The highest BCUT2D eigenvalue weighted by Crippen LogP contribution is 2.32. The Labute approximate surface area is 104 Å². The average Bonchev–Trinajstić information content (AvgIpc) is 2.37. The first-order valence-corrected chi connectivity index (χ1v) is 5.48. The SMILES string of the molecule is CN(CCO)c1ccc([N+](=O)[O-])c2ccncc12. The van der Waals surface area contributed by atoms with Crippen LogP contribution in [0.3, 0.4) is 0 Å². The lowest BCUT2D eigenvalue weighted by Gasteiger charge is -2.19. The van der Waals surface area contributed by atoms with Crippen molar-refractivity contribution in [1.82, 2.24) is 4.98 Å². The number of nitrogens with zero attached hydrogens (tertiary/aromatic N) is 3. The Hall–Kier alpha value is -2.21. The lowest BCUT2D eigenvalue weighted by atomic mass is 10.1. The first-order chi connectivity index (χ1) is 8.65. The van der Waals surface area contributed by atoms with E-state index in [-0.39, 0.29) is 12.3 Å². The van der Waals surface area contributed by atoms with Gasteiger partial charge in [0.25, 0.3) is 5.69 Å². The van der Waals surface area contributed by atoms with Gasteiger partial charge in [-0.1, -0.05) is 0 Å². The van der Waals surface area contributed by atoms with Crippen LogP contribution in [0.2, 0.25) is 0 Å². The molecule has 94 valence electrons. The van der Waals surface area contributed by atoms with Gasteiger partial charge in [-0.2, -0.15) is 0 Å². The van der Waals surface area contributed by atoms with Crippen LogP contribution in [0, 0.1) is 10.1 Å². The molecule has 1 N–H and O–H groups in total. The van der Waals surface area contributed by atoms with Gasteiger partial charge in [-0.3, -0.25) is 15.1 Å². The number of hydrogen-bond acceptors (Lipinski definition) is 5. The highest BCUT2D eigenvalue weighted by atomic mass is 16.6. The minimum Gasteiger partial charge on any atom is -0.395 e. The topological polar surface area (TPSA) is 79.5 Å². The predicted molar refractivity (Wildman–Crippen MR) is 68.8 cm³/mol. The Kier molecular flexibility index (Phi) is 3.38. The molecule has 0 aliphatic heterocycles. The van der Waals surface area contributed by atoms with Crippen LogP contribution >= 0.6 is 0 Å². The second kappa shape index (κ2) is 4.97. The molecule has 0 amide bonds. The Morgan fingerprint density at radius 3 is 2.83 bits per heavy atom. The molecule has 2 aromatic rings. The van der Waals surface area contributed by atoms with Crippen LogP contribution in [0.1, 0.15) is 0 Å². The molecule has 0 unspecified atom stereocenters. The third kappa shape index (κ3) is 2.10. The molecular weight excluding hydrogens is 234 g/mol. The molecule has 0 aliphatic carbocycles. The zero-order valence-corrected chi connectivity index (χ0v) is 9.91. The fraction of sp³-hybridized carbons (Fsp3) is 0.250. The van der Waals surface area contributed by atoms with Crippen LogP contribution < -0.4 is 4.90 Å². The summed E-state index contributed by atoms with van der Waals surface area (Å²) in [6.07, 6.45) is 3.14. The first kappa shape index (κ1) is 12.3. The summed E-state index contributed by atoms with van der Waals surface area (Å²) in [5, 5.41) is 21.2. The van der Waals surface area contributed by atoms with Crippen LogP contribution in [0.5, 0.6) is 0 Å². The highest BCUT2D eigenvalue weighted by molar-refractivity contribution is 5.99. The number of aliphatic hydroxyl groups excluding tert-OH is 1. The number of non-ortho nitro benzene ring substituents is 1. The Morgan fingerprint density at radius 1 is 1.39 bits per heavy atom. The highest BCUT2D eigenvalue weighted by Gasteiger charge is 2.15. The molecule has 1 aromatic heterocycles. The Morgan fingerprint density at radius 2 is 2.17 bits per heavy atom. The van der Waals surface area contributed by atoms with Crippen molar-refractivity contribution in [3.8, 4) is 0 Å². The summed E-state index contributed by atoms with van der Waals surface area (Å²) in [7, 11) is 1.82. The molecular formula is C12H13N3O3. The predicted octanol–water partition coefficient (Wildman–Crippen LogP) is 1.57. The molecule has 0 saturated carbocycles. The van der Waals surface area contributed by atoms with Crippen LogP contribution in [0.25, 0.3) is 10.8 Å². The fourth-order valence-electron chi connectivity index (χ4n) is 1.92. The van der Waals surface area contributed by atoms with Crippen LogP contribution in [0.4, 0.5) is 11.4 Å². The van der Waals surface area contributed by atoms with Gasteiger partial charge >= 0.3 is 0 Å². The fourth-order valence-corrected chi connectivity index (χ4v) is 1.92. The van der Waals surface area contributed by atoms with Crippen LogP contribution in [-0.2, 0) is 0 Å². The standard InChI is InChI=1S/C12H13N3O3/c1-14(6-7-16)11-2-3-12(15(17)18)9-4-5-13-8-10(9)11/h2-5,8,16H,6-7H2,1H3. The van der Waals surface area contributed by atoms with Gasteiger partial charge in [0, 0.05) is 43.1 Å². The van der Waals surface area contributed by atoms with E-state index >= 15 is 0 Å². The van der Waals surface area contributed by atoms with E-state index in [1.165, 1.54) is 12.3 Å². The summed E-state index contributed by atoms with van der Waals surface area (Å²) in [5.74, 6) is 0. The first-order valence-electron chi connectivity index (χ1n) is 5.48. The molecule has 0 atom stereocenters. The van der Waals surface area contributed by atoms with Gasteiger partial charge in [0.2, 0.25) is 0 Å². The quantitative estimate of drug-likeness (QED) is 0.655. The number of aliphatic hydroxyl groups is 1. The van der Waals surface area contributed by atoms with Crippen molar-refractivity contribution in [1.29, 1.82) is 0 Å². The minimum absolute atomic E-state index is 0.0231. The van der Waals surface area contributed by atoms with E-state index < -0.39 is 4.92 Å². The zero-order chi connectivity index (χ0) is 13.1. The number of aromatic nitrogens is 1. The van der Waals surface area contributed by atoms with Crippen molar-refractivity contribution >= 4 is 22.1 Å². The monoisotopic (exact) mass is 247 g/mol. The molecule has 6 nitrogen and oxygen atoms in total. The maximum Gasteiger partial charge on any atom is 0.277 e. The van der Waals surface area contributed by atoms with E-state index in [2.05, 4.69) is 4.98 Å². The van der Waals surface area contributed by atoms with E-state index in [1.807, 2.05) is 11.9 Å². The lowest BCUT2D eigenvalue weighted by molar-refractivity contribution is -0.383. The summed E-state index contributed by atoms with van der Waals surface area (Å²) in [6.45, 7) is 0.483. The second-order valence-corrected chi connectivity index (χ2v) is 3.93. The van der Waals surface area contributed by atoms with Crippen molar-refractivity contribution in [2.45, 2.75) is 0 Å². The van der Waals surface area contributed by atoms with E-state index in [1.54, 1.807) is 18.3 Å². The molecule has 18 heavy (non-hydrogen) atoms. The second-order valence-electron chi connectivity index (χ2n) is 3.93. The largest absolute Gasteiger partial charge is 0.395 e. The van der Waals surface area contributed by atoms with Gasteiger partial charge in [-0.05, 0) is 12.1 Å². The zero-order valence-electron chi connectivity index (χ0n) is 9.91. The molecule has 1 heterocycles. The van der Waals surface area contributed by atoms with Gasteiger partial charge in [0.15, 0.2) is 0 Å². The number of nitro groups is 1. The molecule has 2 rings (SSSR count). The smallest absolute Gasteiger partial charge is 0.277 e. The van der Waals surface area contributed by atoms with Gasteiger partial charge in [0.1, 0.15) is 0 Å². The minimum atomic E-state index is -0.405. The Balaban J connectivity index is 2.64. The molecule has 0 spiro atoms. The molecule has 0 aliphatic rings. The molecule has 0 saturated heterocycles. The maximum atomic E-state index is 11.0. The van der Waals surface area contributed by atoms with Gasteiger partial charge in [-0.15, -0.1) is 0 Å². The number of fused-ring (bicyclic) bond motifs is 1. The van der Waals surface area contributed by atoms with E-state index in [4.69, 9.17) is 5.11 Å². The number of benzene rings is 1. The molecule has 0 fully saturated rings. The third-order valence-electron chi connectivity index (χ3n) is 2.82. The normalized spacial score (nSPS) is 10.6. The van der Waals surface area contributed by atoms with E-state index in [9.17, 15) is 10.1 Å². The summed E-state index contributed by atoms with van der Waals surface area (Å²) < 4.78 is 0. The summed E-state index contributed by atoms with van der Waals surface area (Å²) in [6, 6.07) is 4.78. The van der Waals surface area contributed by atoms with Crippen molar-refractivity contribution in [2.75, 3.05) is 25.1 Å². The number of likely N-dealkylation sites (N-methyl/N-ethyl adjacent to an activating group) is 1. The van der Waals surface area contributed by atoms with E-state index in [0.717, 1.165) is 5.69 Å². The van der Waals surface area contributed by atoms with Crippen molar-refractivity contribution < 1.29 is 10.0 Å². The van der Waals surface area contributed by atoms with Crippen molar-refractivity contribution in [3.05, 3.63) is 40.7 Å².